The highest BCUT2D eigenvalue weighted by Gasteiger charge is 2.22. The van der Waals surface area contributed by atoms with Crippen LogP contribution in [0.25, 0.3) is 0 Å². The van der Waals surface area contributed by atoms with Crippen LogP contribution in [0.4, 0.5) is 0 Å². The molecule has 1 heterocycles. The summed E-state index contributed by atoms with van der Waals surface area (Å²) in [6.45, 7) is 10.4. The van der Waals surface area contributed by atoms with Crippen LogP contribution in [-0.4, -0.2) is 11.1 Å². The Labute approximate surface area is 144 Å². The number of furan rings is 1. The summed E-state index contributed by atoms with van der Waals surface area (Å²) in [5, 5.41) is 8.99. The molecule has 4 nitrogen and oxygen atoms in total. The van der Waals surface area contributed by atoms with Crippen LogP contribution in [-0.2, 0) is 12.0 Å². The van der Waals surface area contributed by atoms with Crippen molar-refractivity contribution in [2.24, 2.45) is 0 Å². The number of aryl methyl sites for hydroxylation is 2. The minimum absolute atomic E-state index is 0.0651. The molecule has 2 aromatic rings. The van der Waals surface area contributed by atoms with Gasteiger partial charge in [0.25, 0.3) is 0 Å². The highest BCUT2D eigenvalue weighted by molar-refractivity contribution is 9.10. The second-order valence-electron chi connectivity index (χ2n) is 6.64. The molecule has 0 aliphatic carbocycles. The third-order valence-corrected chi connectivity index (χ3v) is 4.11. The van der Waals surface area contributed by atoms with Gasteiger partial charge in [-0.05, 0) is 43.0 Å². The maximum absolute atomic E-state index is 11.0. The lowest BCUT2D eigenvalue weighted by atomic mass is 9.85. The summed E-state index contributed by atoms with van der Waals surface area (Å²) in [6.07, 6.45) is 0. The zero-order valence-corrected chi connectivity index (χ0v) is 15.6. The van der Waals surface area contributed by atoms with Crippen LogP contribution >= 0.6 is 15.9 Å². The average molecular weight is 381 g/mol. The highest BCUT2D eigenvalue weighted by Crippen LogP contribution is 2.37. The number of hydrogen-bond acceptors (Lipinski definition) is 3. The van der Waals surface area contributed by atoms with Crippen molar-refractivity contribution < 1.29 is 19.1 Å². The van der Waals surface area contributed by atoms with E-state index < -0.39 is 5.97 Å². The number of carboxylic acid groups (broad SMARTS) is 1. The van der Waals surface area contributed by atoms with Gasteiger partial charge in [-0.2, -0.15) is 0 Å². The molecule has 0 amide bonds. The number of ether oxygens (including phenoxy) is 1. The molecular formula is C18H21BrO4. The van der Waals surface area contributed by atoms with E-state index in [4.69, 9.17) is 14.3 Å². The summed E-state index contributed by atoms with van der Waals surface area (Å²) in [5.41, 5.74) is 2.80. The van der Waals surface area contributed by atoms with Gasteiger partial charge in [0.15, 0.2) is 0 Å². The first-order valence-electron chi connectivity index (χ1n) is 7.35. The van der Waals surface area contributed by atoms with Gasteiger partial charge in [0.05, 0.1) is 0 Å². The third-order valence-electron chi connectivity index (χ3n) is 3.65. The van der Waals surface area contributed by atoms with E-state index in [9.17, 15) is 4.79 Å². The van der Waals surface area contributed by atoms with E-state index in [0.717, 1.165) is 26.9 Å². The number of aromatic carboxylic acids is 1. The van der Waals surface area contributed by atoms with E-state index in [1.165, 1.54) is 6.07 Å². The second-order valence-corrected chi connectivity index (χ2v) is 7.55. The lowest BCUT2D eigenvalue weighted by Gasteiger charge is -2.24. The van der Waals surface area contributed by atoms with Crippen molar-refractivity contribution in [3.05, 3.63) is 50.9 Å². The second kappa shape index (κ2) is 6.40. The molecule has 0 atom stereocenters. The molecule has 0 saturated heterocycles. The topological polar surface area (TPSA) is 59.7 Å². The van der Waals surface area contributed by atoms with Crippen LogP contribution in [0, 0.1) is 13.8 Å². The van der Waals surface area contributed by atoms with Gasteiger partial charge in [0.1, 0.15) is 18.1 Å². The minimum atomic E-state index is -1.07. The Morgan fingerprint density at radius 3 is 2.43 bits per heavy atom. The smallest absolute Gasteiger partial charge is 0.371 e. The zero-order chi connectivity index (χ0) is 17.4. The van der Waals surface area contributed by atoms with Gasteiger partial charge in [-0.3, -0.25) is 0 Å². The van der Waals surface area contributed by atoms with E-state index in [-0.39, 0.29) is 17.8 Å². The van der Waals surface area contributed by atoms with Crippen molar-refractivity contribution >= 4 is 21.9 Å². The van der Waals surface area contributed by atoms with Gasteiger partial charge in [0, 0.05) is 15.6 Å². The molecule has 0 aliphatic heterocycles. The molecule has 0 radical (unpaired) electrons. The van der Waals surface area contributed by atoms with E-state index in [1.54, 1.807) is 6.92 Å². The maximum atomic E-state index is 11.0. The normalized spacial score (nSPS) is 11.6. The molecule has 0 aliphatic rings. The molecule has 0 unspecified atom stereocenters. The van der Waals surface area contributed by atoms with Gasteiger partial charge >= 0.3 is 5.97 Å². The number of hydrogen-bond donors (Lipinski definition) is 1. The van der Waals surface area contributed by atoms with Crippen molar-refractivity contribution in [2.75, 3.05) is 0 Å². The number of carboxylic acids is 1. The monoisotopic (exact) mass is 380 g/mol. The fourth-order valence-corrected chi connectivity index (χ4v) is 2.97. The van der Waals surface area contributed by atoms with Crippen LogP contribution in [0.15, 0.2) is 27.1 Å². The van der Waals surface area contributed by atoms with Gasteiger partial charge in [-0.15, -0.1) is 0 Å². The Morgan fingerprint density at radius 1 is 1.26 bits per heavy atom. The van der Waals surface area contributed by atoms with Crippen molar-refractivity contribution in [2.45, 2.75) is 46.6 Å². The molecule has 2 rings (SSSR count). The first-order valence-corrected chi connectivity index (χ1v) is 8.15. The molecule has 5 heteroatoms. The van der Waals surface area contributed by atoms with Crippen LogP contribution in [0.3, 0.4) is 0 Å². The van der Waals surface area contributed by atoms with Crippen molar-refractivity contribution in [3.8, 4) is 5.75 Å². The lowest BCUT2D eigenvalue weighted by molar-refractivity contribution is 0.0661. The minimum Gasteiger partial charge on any atom is -0.488 e. The Balaban J connectivity index is 2.32. The van der Waals surface area contributed by atoms with Crippen LogP contribution < -0.4 is 4.74 Å². The molecule has 1 aromatic carbocycles. The molecule has 1 aromatic heterocycles. The summed E-state index contributed by atoms with van der Waals surface area (Å²) in [7, 11) is 0. The van der Waals surface area contributed by atoms with Gasteiger partial charge < -0.3 is 14.3 Å². The fraction of sp³-hybridized carbons (Fsp3) is 0.389. The molecule has 124 valence electrons. The highest BCUT2D eigenvalue weighted by atomic mass is 79.9. The quantitative estimate of drug-likeness (QED) is 0.788. The summed E-state index contributed by atoms with van der Waals surface area (Å²) in [4.78, 5) is 11.0. The lowest BCUT2D eigenvalue weighted by Crippen LogP contribution is -2.14. The first-order chi connectivity index (χ1) is 10.6. The Bertz CT molecular complexity index is 738. The van der Waals surface area contributed by atoms with Crippen LogP contribution in [0.2, 0.25) is 0 Å². The number of rotatable bonds is 4. The molecule has 0 fully saturated rings. The van der Waals surface area contributed by atoms with Crippen molar-refractivity contribution in [1.82, 2.24) is 0 Å². The van der Waals surface area contributed by atoms with E-state index >= 15 is 0 Å². The number of benzene rings is 1. The largest absolute Gasteiger partial charge is 0.488 e. The van der Waals surface area contributed by atoms with Crippen LogP contribution in [0.1, 0.15) is 53.8 Å². The summed E-state index contributed by atoms with van der Waals surface area (Å²) in [5.74, 6) is 0.256. The standard InChI is InChI=1S/C18H21BrO4/c1-10-6-13(19)8-14(18(3,4)5)16(10)22-9-12-7-15(17(20)21)23-11(12)2/h6-8H,9H2,1-5H3,(H,20,21). The van der Waals surface area contributed by atoms with Gasteiger partial charge in [0.2, 0.25) is 5.76 Å². The number of carbonyl (C=O) groups is 1. The van der Waals surface area contributed by atoms with Gasteiger partial charge in [-0.25, -0.2) is 4.79 Å². The summed E-state index contributed by atoms with van der Waals surface area (Å²) < 4.78 is 12.3. The molecule has 0 saturated carbocycles. The van der Waals surface area contributed by atoms with Gasteiger partial charge in [-0.1, -0.05) is 36.7 Å². The maximum Gasteiger partial charge on any atom is 0.371 e. The predicted octanol–water partition coefficient (Wildman–Crippen LogP) is 5.23. The van der Waals surface area contributed by atoms with Crippen LogP contribution in [0.5, 0.6) is 5.75 Å². The third kappa shape index (κ3) is 3.96. The Hall–Kier alpha value is -1.75. The molecular weight excluding hydrogens is 360 g/mol. The molecule has 1 N–H and O–H groups in total. The number of halogens is 1. The van der Waals surface area contributed by atoms with E-state index in [0.29, 0.717) is 5.76 Å². The van der Waals surface area contributed by atoms with E-state index in [1.807, 2.05) is 13.0 Å². The van der Waals surface area contributed by atoms with Crippen molar-refractivity contribution in [1.29, 1.82) is 0 Å². The molecule has 23 heavy (non-hydrogen) atoms. The SMILES string of the molecule is Cc1cc(Br)cc(C(C)(C)C)c1OCc1cc(C(=O)O)oc1C. The van der Waals surface area contributed by atoms with E-state index in [2.05, 4.69) is 42.8 Å². The molecule has 0 spiro atoms. The fourth-order valence-electron chi connectivity index (χ4n) is 2.40. The average Bonchev–Trinajstić information content (AvgIpc) is 2.77. The molecule has 0 bridgehead atoms. The Kier molecular flexibility index (Phi) is 4.90. The van der Waals surface area contributed by atoms with Crippen molar-refractivity contribution in [3.63, 3.8) is 0 Å². The Morgan fingerprint density at radius 2 is 1.91 bits per heavy atom. The summed E-state index contributed by atoms with van der Waals surface area (Å²) in [6, 6.07) is 5.59. The first kappa shape index (κ1) is 17.6. The zero-order valence-electron chi connectivity index (χ0n) is 14.0. The summed E-state index contributed by atoms with van der Waals surface area (Å²) >= 11 is 3.53. The predicted molar refractivity (Wildman–Crippen MR) is 92.3 cm³/mol.